The Morgan fingerprint density at radius 3 is 0.947 bits per heavy atom. The van der Waals surface area contributed by atoms with Crippen LogP contribution in [0, 0.1) is 6.92 Å². The van der Waals surface area contributed by atoms with Crippen molar-refractivity contribution in [3.63, 3.8) is 0 Å². The summed E-state index contributed by atoms with van der Waals surface area (Å²) in [6, 6.07) is 0. The first-order valence-electron chi connectivity index (χ1n) is 4.38. The van der Waals surface area contributed by atoms with E-state index in [2.05, 4.69) is 13.8 Å². The van der Waals surface area contributed by atoms with Gasteiger partial charge in [0.25, 0.3) is 0 Å². The Hall–Kier alpha value is -0.0466. The van der Waals surface area contributed by atoms with Crippen molar-refractivity contribution in [2.75, 3.05) is 0 Å². The van der Waals surface area contributed by atoms with Gasteiger partial charge in [-0.2, -0.15) is 45.9 Å². The van der Waals surface area contributed by atoms with Crippen LogP contribution in [0.15, 0.2) is 0 Å². The second-order valence-corrected chi connectivity index (χ2v) is 3.06. The average molecular weight is 359 g/mol. The van der Waals surface area contributed by atoms with E-state index in [-0.39, 0.29) is 19.5 Å². The molecular formula is C8H10F9OZn-. The summed E-state index contributed by atoms with van der Waals surface area (Å²) in [7, 11) is 0. The molecule has 0 fully saturated rings. The molecule has 0 aliphatic carbocycles. The fourth-order valence-corrected chi connectivity index (χ4v) is 0.482. The summed E-state index contributed by atoms with van der Waals surface area (Å²) in [5.41, 5.74) is -6.69. The van der Waals surface area contributed by atoms with E-state index in [0.717, 1.165) is 6.42 Å². The van der Waals surface area contributed by atoms with Crippen LogP contribution < -0.4 is 0 Å². The monoisotopic (exact) mass is 357 g/mol. The van der Waals surface area contributed by atoms with Gasteiger partial charge in [-0.05, 0) is 0 Å². The molecule has 0 heterocycles. The van der Waals surface area contributed by atoms with Crippen LogP contribution in [0.5, 0.6) is 0 Å². The predicted octanol–water partition coefficient (Wildman–Crippen LogP) is 4.02. The third kappa shape index (κ3) is 5.85. The van der Waals surface area contributed by atoms with Gasteiger partial charge in [-0.1, -0.05) is 13.3 Å². The molecule has 19 heavy (non-hydrogen) atoms. The Labute approximate surface area is 115 Å². The molecule has 0 amide bonds. The van der Waals surface area contributed by atoms with Gasteiger partial charge in [0.1, 0.15) is 0 Å². The molecule has 0 radical (unpaired) electrons. The van der Waals surface area contributed by atoms with Crippen LogP contribution in [0.1, 0.15) is 19.8 Å². The molecule has 0 saturated carbocycles. The van der Waals surface area contributed by atoms with Gasteiger partial charge in [-0.25, -0.2) is 0 Å². The Morgan fingerprint density at radius 1 is 0.789 bits per heavy atom. The fourth-order valence-electron chi connectivity index (χ4n) is 0.482. The zero-order valence-electron chi connectivity index (χ0n) is 9.68. The first-order chi connectivity index (χ1) is 7.66. The maximum atomic E-state index is 11.4. The Balaban J connectivity index is -0.000000448. The SMILES string of the molecule is OC(C(F)(F)F)(C(F)(F)F)C(F)(F)F.[CH2-]CCC.[Zn]. The largest absolute Gasteiger partial charge is 0.435 e. The van der Waals surface area contributed by atoms with Crippen molar-refractivity contribution in [2.45, 2.75) is 43.9 Å². The summed E-state index contributed by atoms with van der Waals surface area (Å²) in [6.45, 7) is 5.72. The Bertz CT molecular complexity index is 204. The first-order valence-corrected chi connectivity index (χ1v) is 4.38. The Morgan fingerprint density at radius 2 is 0.947 bits per heavy atom. The van der Waals surface area contributed by atoms with Crippen molar-refractivity contribution in [2.24, 2.45) is 0 Å². The number of halogens is 9. The molecule has 0 saturated heterocycles. The summed E-state index contributed by atoms with van der Waals surface area (Å²) < 4.78 is 103. The molecule has 11 heteroatoms. The van der Waals surface area contributed by atoms with E-state index in [0.29, 0.717) is 0 Å². The van der Waals surface area contributed by atoms with Gasteiger partial charge in [0.05, 0.1) is 0 Å². The van der Waals surface area contributed by atoms with Crippen molar-refractivity contribution in [3.05, 3.63) is 6.92 Å². The molecule has 0 aliphatic rings. The molecule has 0 atom stereocenters. The Kier molecular flexibility index (Phi) is 9.68. The molecular weight excluding hydrogens is 348 g/mol. The normalized spacial score (nSPS) is 13.3. The molecule has 1 nitrogen and oxygen atoms in total. The molecule has 0 rings (SSSR count). The molecule has 0 unspecified atom stereocenters. The van der Waals surface area contributed by atoms with Gasteiger partial charge < -0.3 is 12.0 Å². The minimum Gasteiger partial charge on any atom is -0.367 e. The van der Waals surface area contributed by atoms with Crippen LogP contribution in [0.2, 0.25) is 0 Å². The molecule has 114 valence electrons. The summed E-state index contributed by atoms with van der Waals surface area (Å²) in [4.78, 5) is 0. The number of hydrogen-bond acceptors (Lipinski definition) is 1. The van der Waals surface area contributed by atoms with Crippen molar-refractivity contribution >= 4 is 0 Å². The number of rotatable bonds is 1. The van der Waals surface area contributed by atoms with Gasteiger partial charge in [-0.3, -0.25) is 0 Å². The van der Waals surface area contributed by atoms with Gasteiger partial charge in [0, 0.05) is 19.5 Å². The molecule has 0 spiro atoms. The summed E-state index contributed by atoms with van der Waals surface area (Å²) in [5, 5.41) is 7.65. The predicted molar refractivity (Wildman–Crippen MR) is 43.4 cm³/mol. The summed E-state index contributed by atoms with van der Waals surface area (Å²) in [5.74, 6) is 0. The maximum Gasteiger partial charge on any atom is 0.435 e. The van der Waals surface area contributed by atoms with Crippen LogP contribution in [-0.4, -0.2) is 29.2 Å². The second kappa shape index (κ2) is 7.66. The smallest absolute Gasteiger partial charge is 0.367 e. The zero-order chi connectivity index (χ0) is 15.4. The third-order valence-corrected chi connectivity index (χ3v) is 1.58. The van der Waals surface area contributed by atoms with Crippen molar-refractivity contribution in [1.82, 2.24) is 0 Å². The van der Waals surface area contributed by atoms with E-state index in [1.807, 2.05) is 0 Å². The molecule has 1 N–H and O–H groups in total. The van der Waals surface area contributed by atoms with Gasteiger partial charge >= 0.3 is 24.1 Å². The number of alkyl halides is 9. The summed E-state index contributed by atoms with van der Waals surface area (Å²) in [6.07, 6.45) is -18.3. The fraction of sp³-hybridized carbons (Fsp3) is 0.875. The van der Waals surface area contributed by atoms with Crippen molar-refractivity contribution in [1.29, 1.82) is 0 Å². The van der Waals surface area contributed by atoms with E-state index < -0.39 is 24.1 Å². The van der Waals surface area contributed by atoms with Gasteiger partial charge in [0.2, 0.25) is 0 Å². The average Bonchev–Trinajstić information content (AvgIpc) is 2.11. The standard InChI is InChI=1S/C4HF9O.C4H9.Zn/c5-2(6,7)1(14,3(8,9)10)4(11,12)13;1-3-4-2;/h14H;1,3-4H2,2H3;/q;-1;. The maximum absolute atomic E-state index is 11.4. The molecule has 0 aromatic carbocycles. The number of aliphatic hydroxyl groups is 1. The van der Waals surface area contributed by atoms with Crippen LogP contribution in [0.3, 0.4) is 0 Å². The van der Waals surface area contributed by atoms with Crippen LogP contribution in [0.25, 0.3) is 0 Å². The van der Waals surface area contributed by atoms with E-state index in [1.54, 1.807) is 0 Å². The van der Waals surface area contributed by atoms with Crippen LogP contribution in [0.4, 0.5) is 39.5 Å². The number of hydrogen-bond donors (Lipinski definition) is 1. The van der Waals surface area contributed by atoms with Gasteiger partial charge in [-0.15, -0.1) is 0 Å². The van der Waals surface area contributed by atoms with E-state index >= 15 is 0 Å². The minimum atomic E-state index is -6.87. The van der Waals surface area contributed by atoms with E-state index in [4.69, 9.17) is 5.11 Å². The first kappa shape index (κ1) is 24.0. The zero-order valence-corrected chi connectivity index (χ0v) is 12.6. The van der Waals surface area contributed by atoms with Crippen molar-refractivity contribution < 1.29 is 64.1 Å². The topological polar surface area (TPSA) is 20.2 Å². The molecule has 0 aromatic heterocycles. The van der Waals surface area contributed by atoms with Crippen LogP contribution >= 0.6 is 0 Å². The quantitative estimate of drug-likeness (QED) is 0.426. The minimum absolute atomic E-state index is 0. The van der Waals surface area contributed by atoms with E-state index in [9.17, 15) is 39.5 Å². The summed E-state index contributed by atoms with van der Waals surface area (Å²) >= 11 is 0. The van der Waals surface area contributed by atoms with Crippen LogP contribution in [-0.2, 0) is 19.5 Å². The second-order valence-electron chi connectivity index (χ2n) is 3.06. The third-order valence-electron chi connectivity index (χ3n) is 1.58. The molecule has 0 bridgehead atoms. The van der Waals surface area contributed by atoms with E-state index in [1.165, 1.54) is 6.42 Å². The molecule has 0 aliphatic heterocycles. The number of unbranched alkanes of at least 4 members (excludes halogenated alkanes) is 1. The van der Waals surface area contributed by atoms with Gasteiger partial charge in [0.15, 0.2) is 0 Å². The molecule has 0 aromatic rings. The van der Waals surface area contributed by atoms with Crippen molar-refractivity contribution in [3.8, 4) is 0 Å².